The lowest BCUT2D eigenvalue weighted by Crippen LogP contribution is -2.30. The first-order chi connectivity index (χ1) is 16.1. The van der Waals surface area contributed by atoms with E-state index in [2.05, 4.69) is 50.4 Å². The molecule has 0 spiro atoms. The minimum atomic E-state index is -1.07. The summed E-state index contributed by atoms with van der Waals surface area (Å²) in [4.78, 5) is 23.2. The second-order valence-electron chi connectivity index (χ2n) is 9.11. The smallest absolute Gasteiger partial charge is 0.322 e. The fourth-order valence-electron chi connectivity index (χ4n) is 4.59. The molecule has 184 valence electrons. The van der Waals surface area contributed by atoms with Gasteiger partial charge in [0.15, 0.2) is 0 Å². The van der Waals surface area contributed by atoms with Crippen molar-refractivity contribution in [1.29, 1.82) is 0 Å². The molecule has 0 heterocycles. The van der Waals surface area contributed by atoms with E-state index in [0.29, 0.717) is 18.4 Å². The lowest BCUT2D eigenvalue weighted by Gasteiger charge is -2.34. The molecule has 0 bridgehead atoms. The molecular weight excluding hydrogens is 426 g/mol. The molecule has 0 aliphatic carbocycles. The lowest BCUT2D eigenvalue weighted by atomic mass is 9.69. The van der Waals surface area contributed by atoms with Gasteiger partial charge in [0.2, 0.25) is 0 Å². The zero-order chi connectivity index (χ0) is 25.5. The minimum absolute atomic E-state index is 0.207. The van der Waals surface area contributed by atoms with E-state index in [4.69, 9.17) is 5.11 Å². The molecular formula is C29H39NO4. The summed E-state index contributed by atoms with van der Waals surface area (Å²) in [6.07, 6.45) is 7.06. The van der Waals surface area contributed by atoms with E-state index in [-0.39, 0.29) is 11.3 Å². The van der Waals surface area contributed by atoms with Crippen LogP contribution >= 0.6 is 0 Å². The first-order valence-electron chi connectivity index (χ1n) is 12.2. The average molecular weight is 466 g/mol. The number of carboxylic acids is 1. The molecule has 0 aliphatic heterocycles. The molecule has 34 heavy (non-hydrogen) atoms. The van der Waals surface area contributed by atoms with Crippen LogP contribution < -0.4 is 5.32 Å². The predicted octanol–water partition coefficient (Wildman–Crippen LogP) is 5.79. The van der Waals surface area contributed by atoms with Crippen molar-refractivity contribution in [3.05, 3.63) is 75.9 Å². The molecule has 5 nitrogen and oxygen atoms in total. The van der Waals surface area contributed by atoms with Gasteiger partial charge in [0.25, 0.3) is 5.91 Å². The topological polar surface area (TPSA) is 86.6 Å². The summed E-state index contributed by atoms with van der Waals surface area (Å²) >= 11 is 0. The van der Waals surface area contributed by atoms with E-state index < -0.39 is 18.1 Å². The third-order valence-corrected chi connectivity index (χ3v) is 7.25. The number of carbonyl (C=O) groups excluding carboxylic acids is 1. The standard InChI is InChI=1S/C29H39NO4/c1-7-28(34,8-2)16-15-22-11-12-23(17-20(22)5)29(9-3,10-4)24-13-14-25(21(6)18-24)27(33)30-19-26(31)32/h11-18,34H,7-10,19H2,1-6H3,(H,30,33)(H,31,32). The molecule has 0 aromatic heterocycles. The van der Waals surface area contributed by atoms with Gasteiger partial charge in [0.05, 0.1) is 5.60 Å². The zero-order valence-corrected chi connectivity index (χ0v) is 21.4. The lowest BCUT2D eigenvalue weighted by molar-refractivity contribution is -0.135. The second kappa shape index (κ2) is 11.5. The van der Waals surface area contributed by atoms with Gasteiger partial charge >= 0.3 is 5.97 Å². The van der Waals surface area contributed by atoms with Crippen LogP contribution in [-0.4, -0.2) is 34.2 Å². The van der Waals surface area contributed by atoms with Crippen LogP contribution in [0.25, 0.3) is 6.08 Å². The van der Waals surface area contributed by atoms with Gasteiger partial charge < -0.3 is 15.5 Å². The van der Waals surface area contributed by atoms with Crippen molar-refractivity contribution in [1.82, 2.24) is 5.32 Å². The second-order valence-corrected chi connectivity index (χ2v) is 9.11. The number of aryl methyl sites for hydroxylation is 2. The monoisotopic (exact) mass is 465 g/mol. The highest BCUT2D eigenvalue weighted by atomic mass is 16.4. The molecule has 0 radical (unpaired) electrons. The van der Waals surface area contributed by atoms with Crippen LogP contribution in [0.4, 0.5) is 0 Å². The summed E-state index contributed by atoms with van der Waals surface area (Å²) in [6, 6.07) is 12.3. The fraction of sp³-hybridized carbons (Fsp3) is 0.448. The Morgan fingerprint density at radius 3 is 1.91 bits per heavy atom. The SMILES string of the molecule is CCC(O)(C=Cc1ccc(C(CC)(CC)c2ccc(C(=O)NCC(=O)O)c(C)c2)cc1C)CC. The molecule has 2 rings (SSSR count). The van der Waals surface area contributed by atoms with E-state index in [1.807, 2.05) is 39.0 Å². The van der Waals surface area contributed by atoms with Crippen LogP contribution in [0.1, 0.15) is 91.6 Å². The molecule has 0 fully saturated rings. The maximum absolute atomic E-state index is 12.4. The Kier molecular flexibility index (Phi) is 9.22. The Morgan fingerprint density at radius 1 is 0.882 bits per heavy atom. The number of aliphatic carboxylic acids is 1. The van der Waals surface area contributed by atoms with Crippen molar-refractivity contribution in [3.63, 3.8) is 0 Å². The van der Waals surface area contributed by atoms with Gasteiger partial charge in [0, 0.05) is 11.0 Å². The number of nitrogens with one attached hydrogen (secondary N) is 1. The Morgan fingerprint density at radius 2 is 1.44 bits per heavy atom. The summed E-state index contributed by atoms with van der Waals surface area (Å²) in [6.45, 7) is 11.9. The zero-order valence-electron chi connectivity index (χ0n) is 21.4. The maximum atomic E-state index is 12.4. The summed E-state index contributed by atoms with van der Waals surface area (Å²) in [5.41, 5.74) is 4.92. The normalized spacial score (nSPS) is 12.2. The third kappa shape index (κ3) is 5.95. The first kappa shape index (κ1) is 27.3. The molecule has 1 amide bonds. The van der Waals surface area contributed by atoms with Gasteiger partial charge in [-0.15, -0.1) is 0 Å². The van der Waals surface area contributed by atoms with E-state index in [1.54, 1.807) is 6.07 Å². The average Bonchev–Trinajstić information content (AvgIpc) is 2.83. The first-order valence-corrected chi connectivity index (χ1v) is 12.2. The molecule has 0 atom stereocenters. The minimum Gasteiger partial charge on any atom is -0.480 e. The summed E-state index contributed by atoms with van der Waals surface area (Å²) < 4.78 is 0. The Labute approximate surface area is 203 Å². The largest absolute Gasteiger partial charge is 0.480 e. The molecule has 2 aromatic rings. The van der Waals surface area contributed by atoms with Crippen molar-refractivity contribution in [2.24, 2.45) is 0 Å². The number of carbonyl (C=O) groups is 2. The van der Waals surface area contributed by atoms with Crippen LogP contribution in [-0.2, 0) is 10.2 Å². The Balaban J connectivity index is 2.44. The number of hydrogen-bond donors (Lipinski definition) is 3. The molecule has 0 saturated carbocycles. The molecule has 0 aliphatic rings. The number of rotatable bonds is 11. The third-order valence-electron chi connectivity index (χ3n) is 7.25. The van der Waals surface area contributed by atoms with Crippen molar-refractivity contribution < 1.29 is 19.8 Å². The number of aliphatic hydroxyl groups is 1. The highest BCUT2D eigenvalue weighted by Gasteiger charge is 2.31. The van der Waals surface area contributed by atoms with Gasteiger partial charge in [-0.2, -0.15) is 0 Å². The maximum Gasteiger partial charge on any atom is 0.322 e. The van der Waals surface area contributed by atoms with Crippen LogP contribution in [0.15, 0.2) is 42.5 Å². The summed E-state index contributed by atoms with van der Waals surface area (Å²) in [5, 5.41) is 21.9. The van der Waals surface area contributed by atoms with Crippen LogP contribution in [0.2, 0.25) is 0 Å². The molecule has 0 saturated heterocycles. The molecule has 2 aromatic carbocycles. The number of hydrogen-bond acceptors (Lipinski definition) is 3. The summed E-state index contributed by atoms with van der Waals surface area (Å²) in [7, 11) is 0. The van der Waals surface area contributed by atoms with Gasteiger partial charge in [-0.3, -0.25) is 9.59 Å². The Hall–Kier alpha value is -2.92. The van der Waals surface area contributed by atoms with Crippen molar-refractivity contribution in [2.75, 3.05) is 6.54 Å². The quantitative estimate of drug-likeness (QED) is 0.392. The highest BCUT2D eigenvalue weighted by Crippen LogP contribution is 2.40. The van der Waals surface area contributed by atoms with Crippen molar-refractivity contribution >= 4 is 18.0 Å². The Bertz CT molecular complexity index is 1050. The van der Waals surface area contributed by atoms with Gasteiger partial charge in [-0.05, 0) is 73.4 Å². The molecule has 3 N–H and O–H groups in total. The van der Waals surface area contributed by atoms with E-state index >= 15 is 0 Å². The van der Waals surface area contributed by atoms with E-state index in [9.17, 15) is 14.7 Å². The van der Waals surface area contributed by atoms with Crippen molar-refractivity contribution in [2.45, 2.75) is 78.2 Å². The summed E-state index contributed by atoms with van der Waals surface area (Å²) in [5.74, 6) is -1.45. The fourth-order valence-corrected chi connectivity index (χ4v) is 4.59. The van der Waals surface area contributed by atoms with Gasteiger partial charge in [-0.1, -0.05) is 70.2 Å². The molecule has 5 heteroatoms. The van der Waals surface area contributed by atoms with E-state index in [0.717, 1.165) is 35.1 Å². The van der Waals surface area contributed by atoms with Gasteiger partial charge in [0.1, 0.15) is 6.54 Å². The number of amides is 1. The van der Waals surface area contributed by atoms with Crippen LogP contribution in [0.3, 0.4) is 0 Å². The van der Waals surface area contributed by atoms with Gasteiger partial charge in [-0.25, -0.2) is 0 Å². The number of carboxylic acid groups (broad SMARTS) is 1. The van der Waals surface area contributed by atoms with Crippen molar-refractivity contribution in [3.8, 4) is 0 Å². The predicted molar refractivity (Wildman–Crippen MR) is 138 cm³/mol. The van der Waals surface area contributed by atoms with Crippen LogP contribution in [0, 0.1) is 13.8 Å². The van der Waals surface area contributed by atoms with Crippen LogP contribution in [0.5, 0.6) is 0 Å². The van der Waals surface area contributed by atoms with E-state index in [1.165, 1.54) is 5.56 Å². The number of benzene rings is 2. The highest BCUT2D eigenvalue weighted by molar-refractivity contribution is 5.97. The molecule has 0 unspecified atom stereocenters.